The molecule has 0 N–H and O–H groups in total. The van der Waals surface area contributed by atoms with E-state index in [4.69, 9.17) is 4.74 Å². The Kier molecular flexibility index (Phi) is 4.86. The first-order valence-electron chi connectivity index (χ1n) is 5.32. The van der Waals surface area contributed by atoms with Crippen molar-refractivity contribution in [2.45, 2.75) is 37.9 Å². The number of ether oxygens (including phenoxy) is 1. The van der Waals surface area contributed by atoms with Crippen LogP contribution in [0.15, 0.2) is 0 Å². The SMILES string of the molecule is COCCC1CCCCN1CC(F)(F)F. The third-order valence-electron chi connectivity index (χ3n) is 2.79. The lowest BCUT2D eigenvalue weighted by Gasteiger charge is -2.36. The van der Waals surface area contributed by atoms with E-state index in [2.05, 4.69) is 0 Å². The second-order valence-electron chi connectivity index (χ2n) is 4.02. The first kappa shape index (κ1) is 12.8. The molecule has 1 aliphatic rings. The summed E-state index contributed by atoms with van der Waals surface area (Å²) in [5.41, 5.74) is 0. The summed E-state index contributed by atoms with van der Waals surface area (Å²) in [6.45, 7) is 0.328. The van der Waals surface area contributed by atoms with Gasteiger partial charge in [-0.05, 0) is 25.8 Å². The highest BCUT2D eigenvalue weighted by molar-refractivity contribution is 4.78. The van der Waals surface area contributed by atoms with E-state index < -0.39 is 12.7 Å². The smallest absolute Gasteiger partial charge is 0.385 e. The molecule has 1 unspecified atom stereocenters. The lowest BCUT2D eigenvalue weighted by molar-refractivity contribution is -0.154. The van der Waals surface area contributed by atoms with Crippen LogP contribution in [0.25, 0.3) is 0 Å². The topological polar surface area (TPSA) is 12.5 Å². The van der Waals surface area contributed by atoms with Gasteiger partial charge in [0.15, 0.2) is 0 Å². The molecular weight excluding hydrogens is 207 g/mol. The fourth-order valence-corrected chi connectivity index (χ4v) is 2.08. The lowest BCUT2D eigenvalue weighted by Crippen LogP contribution is -2.45. The van der Waals surface area contributed by atoms with Crippen molar-refractivity contribution >= 4 is 0 Å². The van der Waals surface area contributed by atoms with Crippen LogP contribution in [0.3, 0.4) is 0 Å². The third kappa shape index (κ3) is 4.84. The van der Waals surface area contributed by atoms with Crippen molar-refractivity contribution in [3.05, 3.63) is 0 Å². The summed E-state index contributed by atoms with van der Waals surface area (Å²) in [5, 5.41) is 0. The van der Waals surface area contributed by atoms with Gasteiger partial charge in [0.25, 0.3) is 0 Å². The normalized spacial score (nSPS) is 24.4. The molecule has 1 fully saturated rings. The number of hydrogen-bond donors (Lipinski definition) is 0. The third-order valence-corrected chi connectivity index (χ3v) is 2.79. The Morgan fingerprint density at radius 1 is 1.33 bits per heavy atom. The van der Waals surface area contributed by atoms with Crippen LogP contribution in [-0.2, 0) is 4.74 Å². The molecular formula is C10H18F3NO. The number of methoxy groups -OCH3 is 1. The number of halogens is 3. The largest absolute Gasteiger partial charge is 0.401 e. The van der Waals surface area contributed by atoms with Gasteiger partial charge in [-0.3, -0.25) is 4.90 Å². The summed E-state index contributed by atoms with van der Waals surface area (Å²) in [6.07, 6.45) is -0.614. The van der Waals surface area contributed by atoms with Crippen molar-refractivity contribution in [3.8, 4) is 0 Å². The Balaban J connectivity index is 2.42. The van der Waals surface area contributed by atoms with Crippen molar-refractivity contribution in [1.29, 1.82) is 0 Å². The average Bonchev–Trinajstić information content (AvgIpc) is 2.14. The summed E-state index contributed by atoms with van der Waals surface area (Å²) < 4.78 is 41.7. The summed E-state index contributed by atoms with van der Waals surface area (Å²) in [6, 6.07) is 0.0420. The zero-order valence-electron chi connectivity index (χ0n) is 9.02. The number of nitrogens with zero attached hydrogens (tertiary/aromatic N) is 1. The van der Waals surface area contributed by atoms with Crippen LogP contribution in [0, 0.1) is 0 Å². The number of alkyl halides is 3. The van der Waals surface area contributed by atoms with Crippen LogP contribution in [0.4, 0.5) is 13.2 Å². The van der Waals surface area contributed by atoms with Crippen LogP contribution in [0.5, 0.6) is 0 Å². The molecule has 0 amide bonds. The fourth-order valence-electron chi connectivity index (χ4n) is 2.08. The molecule has 0 aromatic rings. The van der Waals surface area contributed by atoms with E-state index in [0.29, 0.717) is 19.6 Å². The van der Waals surface area contributed by atoms with Crippen LogP contribution < -0.4 is 0 Å². The highest BCUT2D eigenvalue weighted by Gasteiger charge is 2.34. The molecule has 90 valence electrons. The van der Waals surface area contributed by atoms with Crippen LogP contribution >= 0.6 is 0 Å². The Bertz CT molecular complexity index is 184. The van der Waals surface area contributed by atoms with Gasteiger partial charge < -0.3 is 4.74 Å². The first-order chi connectivity index (χ1) is 7.03. The Morgan fingerprint density at radius 3 is 2.67 bits per heavy atom. The molecule has 0 radical (unpaired) electrons. The highest BCUT2D eigenvalue weighted by atomic mass is 19.4. The number of piperidine rings is 1. The van der Waals surface area contributed by atoms with Crippen LogP contribution in [0.1, 0.15) is 25.7 Å². The molecule has 2 nitrogen and oxygen atoms in total. The predicted octanol–water partition coefficient (Wildman–Crippen LogP) is 2.44. The molecule has 0 aromatic carbocycles. The van der Waals surface area contributed by atoms with E-state index in [1.165, 1.54) is 0 Å². The van der Waals surface area contributed by atoms with Gasteiger partial charge >= 0.3 is 6.18 Å². The lowest BCUT2D eigenvalue weighted by atomic mass is 10.00. The van der Waals surface area contributed by atoms with E-state index in [1.54, 1.807) is 12.0 Å². The zero-order chi connectivity index (χ0) is 11.3. The van der Waals surface area contributed by atoms with Gasteiger partial charge in [0, 0.05) is 19.8 Å². The molecule has 0 bridgehead atoms. The number of rotatable bonds is 4. The molecule has 0 spiro atoms. The molecule has 5 heteroatoms. The summed E-state index contributed by atoms with van der Waals surface area (Å²) in [7, 11) is 1.58. The van der Waals surface area contributed by atoms with Gasteiger partial charge in [-0.25, -0.2) is 0 Å². The minimum Gasteiger partial charge on any atom is -0.385 e. The molecule has 0 saturated carbocycles. The monoisotopic (exact) mass is 225 g/mol. The maximum absolute atomic E-state index is 12.3. The molecule has 1 rings (SSSR count). The molecule has 1 atom stereocenters. The molecule has 0 aromatic heterocycles. The number of hydrogen-bond acceptors (Lipinski definition) is 2. The van der Waals surface area contributed by atoms with Gasteiger partial charge in [0.2, 0.25) is 0 Å². The average molecular weight is 225 g/mol. The van der Waals surface area contributed by atoms with Crippen molar-refractivity contribution in [1.82, 2.24) is 4.90 Å². The molecule has 15 heavy (non-hydrogen) atoms. The Labute approximate surface area is 88.4 Å². The van der Waals surface area contributed by atoms with Gasteiger partial charge in [-0.2, -0.15) is 13.2 Å². The molecule has 1 aliphatic heterocycles. The number of likely N-dealkylation sites (tertiary alicyclic amines) is 1. The Hall–Kier alpha value is -0.290. The van der Waals surface area contributed by atoms with E-state index in [-0.39, 0.29) is 6.04 Å². The summed E-state index contributed by atoms with van der Waals surface area (Å²) in [5.74, 6) is 0. The van der Waals surface area contributed by atoms with E-state index in [1.807, 2.05) is 0 Å². The molecule has 1 saturated heterocycles. The molecule has 1 heterocycles. The first-order valence-corrected chi connectivity index (χ1v) is 5.32. The van der Waals surface area contributed by atoms with E-state index >= 15 is 0 Å². The van der Waals surface area contributed by atoms with Gasteiger partial charge in [0.1, 0.15) is 0 Å². The van der Waals surface area contributed by atoms with Crippen LogP contribution in [0.2, 0.25) is 0 Å². The van der Waals surface area contributed by atoms with E-state index in [0.717, 1.165) is 19.3 Å². The van der Waals surface area contributed by atoms with Crippen molar-refractivity contribution in [3.63, 3.8) is 0 Å². The highest BCUT2D eigenvalue weighted by Crippen LogP contribution is 2.24. The van der Waals surface area contributed by atoms with Crippen LogP contribution in [-0.4, -0.2) is 43.9 Å². The second kappa shape index (κ2) is 5.70. The molecule has 0 aliphatic carbocycles. The minimum absolute atomic E-state index is 0.0420. The maximum Gasteiger partial charge on any atom is 0.401 e. The van der Waals surface area contributed by atoms with E-state index in [9.17, 15) is 13.2 Å². The van der Waals surface area contributed by atoms with Crippen molar-refractivity contribution in [2.75, 3.05) is 26.8 Å². The quantitative estimate of drug-likeness (QED) is 0.728. The van der Waals surface area contributed by atoms with Gasteiger partial charge in [-0.1, -0.05) is 6.42 Å². The van der Waals surface area contributed by atoms with Gasteiger partial charge in [0.05, 0.1) is 6.54 Å². The Morgan fingerprint density at radius 2 is 2.07 bits per heavy atom. The maximum atomic E-state index is 12.3. The van der Waals surface area contributed by atoms with Gasteiger partial charge in [-0.15, -0.1) is 0 Å². The minimum atomic E-state index is -4.08. The standard InChI is InChI=1S/C10H18F3NO/c1-15-7-5-9-4-2-3-6-14(9)8-10(11,12)13/h9H,2-8H2,1H3. The second-order valence-corrected chi connectivity index (χ2v) is 4.02. The van der Waals surface area contributed by atoms with Crippen molar-refractivity contribution < 1.29 is 17.9 Å². The predicted molar refractivity (Wildman–Crippen MR) is 51.8 cm³/mol. The van der Waals surface area contributed by atoms with Crippen molar-refractivity contribution in [2.24, 2.45) is 0 Å². The zero-order valence-corrected chi connectivity index (χ0v) is 9.02. The summed E-state index contributed by atoms with van der Waals surface area (Å²) >= 11 is 0. The fraction of sp³-hybridized carbons (Fsp3) is 1.00. The summed E-state index contributed by atoms with van der Waals surface area (Å²) in [4.78, 5) is 1.54.